The molecule has 0 radical (unpaired) electrons. The third-order valence-corrected chi connectivity index (χ3v) is 4.19. The van der Waals surface area contributed by atoms with Crippen LogP contribution in [-0.2, 0) is 11.3 Å². The Kier molecular flexibility index (Phi) is 5.74. The number of rotatable bonds is 8. The van der Waals surface area contributed by atoms with Crippen LogP contribution >= 0.6 is 0 Å². The molecule has 122 valence electrons. The summed E-state index contributed by atoms with van der Waals surface area (Å²) in [6.07, 6.45) is 1.86. The van der Waals surface area contributed by atoms with E-state index >= 15 is 0 Å². The lowest BCUT2D eigenvalue weighted by molar-refractivity contribution is -0.139. The Bertz CT molecular complexity index is 518. The van der Waals surface area contributed by atoms with Crippen molar-refractivity contribution in [2.24, 2.45) is 0 Å². The molecule has 2 rings (SSSR count). The van der Waals surface area contributed by atoms with Crippen LogP contribution in [0, 0.1) is 5.82 Å². The second-order valence-electron chi connectivity index (χ2n) is 5.63. The van der Waals surface area contributed by atoms with Gasteiger partial charge in [0.05, 0.1) is 13.7 Å². The number of carboxylic acid groups (broad SMARTS) is 1. The van der Waals surface area contributed by atoms with Crippen LogP contribution in [0.15, 0.2) is 18.2 Å². The van der Waals surface area contributed by atoms with E-state index in [4.69, 9.17) is 9.84 Å². The molecule has 0 aliphatic heterocycles. The van der Waals surface area contributed by atoms with E-state index < -0.39 is 5.97 Å². The second-order valence-corrected chi connectivity index (χ2v) is 5.63. The maximum absolute atomic E-state index is 13.6. The number of hydrogen-bond donors (Lipinski definition) is 2. The van der Waals surface area contributed by atoms with Crippen LogP contribution in [0.2, 0.25) is 0 Å². The molecule has 5 nitrogen and oxygen atoms in total. The normalized spacial score (nSPS) is 20.7. The van der Waals surface area contributed by atoms with Gasteiger partial charge in [0, 0.05) is 18.6 Å². The van der Waals surface area contributed by atoms with Gasteiger partial charge in [-0.2, -0.15) is 0 Å². The van der Waals surface area contributed by atoms with E-state index in [1.54, 1.807) is 6.07 Å². The molecule has 1 aliphatic rings. The Labute approximate surface area is 130 Å². The molecular formula is C16H23FN2O3. The van der Waals surface area contributed by atoms with Gasteiger partial charge in [0.1, 0.15) is 0 Å². The molecule has 22 heavy (non-hydrogen) atoms. The Morgan fingerprint density at radius 1 is 1.50 bits per heavy atom. The first-order chi connectivity index (χ1) is 10.5. The van der Waals surface area contributed by atoms with Crippen molar-refractivity contribution in [2.75, 3.05) is 20.2 Å². The number of aliphatic carboxylic acids is 1. The highest BCUT2D eigenvalue weighted by atomic mass is 19.1. The van der Waals surface area contributed by atoms with Crippen molar-refractivity contribution in [1.82, 2.24) is 10.2 Å². The van der Waals surface area contributed by atoms with E-state index in [-0.39, 0.29) is 18.1 Å². The van der Waals surface area contributed by atoms with Gasteiger partial charge in [-0.1, -0.05) is 13.0 Å². The molecule has 0 unspecified atom stereocenters. The molecule has 0 atom stereocenters. The number of halogens is 1. The summed E-state index contributed by atoms with van der Waals surface area (Å²) in [4.78, 5) is 12.8. The molecular weight excluding hydrogens is 287 g/mol. The molecule has 0 spiro atoms. The van der Waals surface area contributed by atoms with Gasteiger partial charge < -0.3 is 15.2 Å². The SMILES string of the molecule is CCN(CC(=O)O)C1CC(NCc2ccc(OC)c(F)c2)C1. The number of nitrogens with one attached hydrogen (secondary N) is 1. The summed E-state index contributed by atoms with van der Waals surface area (Å²) >= 11 is 0. The molecule has 1 aliphatic carbocycles. The maximum atomic E-state index is 13.6. The summed E-state index contributed by atoms with van der Waals surface area (Å²) in [5, 5.41) is 12.2. The molecule has 1 saturated carbocycles. The lowest BCUT2D eigenvalue weighted by atomic mass is 9.85. The third kappa shape index (κ3) is 4.18. The Hall–Kier alpha value is -1.66. The summed E-state index contributed by atoms with van der Waals surface area (Å²) in [6, 6.07) is 5.63. The monoisotopic (exact) mass is 310 g/mol. The fourth-order valence-corrected chi connectivity index (χ4v) is 2.81. The molecule has 1 aromatic rings. The van der Waals surface area contributed by atoms with Crippen LogP contribution in [0.25, 0.3) is 0 Å². The first-order valence-electron chi connectivity index (χ1n) is 7.55. The number of likely N-dealkylation sites (N-methyl/N-ethyl adjacent to an activating group) is 1. The number of benzene rings is 1. The second kappa shape index (κ2) is 7.56. The van der Waals surface area contributed by atoms with Crippen molar-refractivity contribution in [3.8, 4) is 5.75 Å². The topological polar surface area (TPSA) is 61.8 Å². The Morgan fingerprint density at radius 2 is 2.23 bits per heavy atom. The zero-order valence-electron chi connectivity index (χ0n) is 13.0. The summed E-state index contributed by atoms with van der Waals surface area (Å²) in [5.41, 5.74) is 0.875. The van der Waals surface area contributed by atoms with Gasteiger partial charge in [0.25, 0.3) is 0 Å². The highest BCUT2D eigenvalue weighted by Gasteiger charge is 2.33. The molecule has 0 aromatic heterocycles. The minimum atomic E-state index is -0.785. The van der Waals surface area contributed by atoms with Crippen LogP contribution in [-0.4, -0.2) is 48.3 Å². The molecule has 2 N–H and O–H groups in total. The fourth-order valence-electron chi connectivity index (χ4n) is 2.81. The zero-order chi connectivity index (χ0) is 16.1. The zero-order valence-corrected chi connectivity index (χ0v) is 13.0. The molecule has 1 aromatic carbocycles. The smallest absolute Gasteiger partial charge is 0.317 e. The van der Waals surface area contributed by atoms with Crippen molar-refractivity contribution in [1.29, 1.82) is 0 Å². The summed E-state index contributed by atoms with van der Waals surface area (Å²) in [6.45, 7) is 3.41. The molecule has 6 heteroatoms. The van der Waals surface area contributed by atoms with Gasteiger partial charge >= 0.3 is 5.97 Å². The van der Waals surface area contributed by atoms with E-state index in [1.165, 1.54) is 13.2 Å². The van der Waals surface area contributed by atoms with Gasteiger partial charge in [-0.3, -0.25) is 9.69 Å². The van der Waals surface area contributed by atoms with Crippen molar-refractivity contribution in [3.63, 3.8) is 0 Å². The largest absolute Gasteiger partial charge is 0.494 e. The summed E-state index contributed by atoms with van der Waals surface area (Å²) < 4.78 is 18.5. The number of ether oxygens (including phenoxy) is 1. The van der Waals surface area contributed by atoms with Gasteiger partial charge in [-0.25, -0.2) is 4.39 Å². The predicted octanol–water partition coefficient (Wildman–Crippen LogP) is 1.86. The van der Waals surface area contributed by atoms with E-state index in [2.05, 4.69) is 5.32 Å². The number of carboxylic acids is 1. The maximum Gasteiger partial charge on any atom is 0.317 e. The third-order valence-electron chi connectivity index (χ3n) is 4.19. The minimum absolute atomic E-state index is 0.0948. The lowest BCUT2D eigenvalue weighted by Gasteiger charge is -2.42. The highest BCUT2D eigenvalue weighted by Crippen LogP contribution is 2.26. The van der Waals surface area contributed by atoms with E-state index in [0.29, 0.717) is 18.6 Å². The molecule has 0 saturated heterocycles. The van der Waals surface area contributed by atoms with Crippen LogP contribution in [0.1, 0.15) is 25.3 Å². The van der Waals surface area contributed by atoms with E-state index in [9.17, 15) is 9.18 Å². The summed E-state index contributed by atoms with van der Waals surface area (Å²) in [5.74, 6) is -0.890. The number of methoxy groups -OCH3 is 1. The van der Waals surface area contributed by atoms with Crippen LogP contribution in [0.4, 0.5) is 4.39 Å². The molecule has 0 bridgehead atoms. The molecule has 1 fully saturated rings. The average Bonchev–Trinajstić information content (AvgIpc) is 2.44. The Balaban J connectivity index is 1.76. The van der Waals surface area contributed by atoms with Gasteiger partial charge in [-0.15, -0.1) is 0 Å². The highest BCUT2D eigenvalue weighted by molar-refractivity contribution is 5.69. The van der Waals surface area contributed by atoms with Crippen LogP contribution in [0.5, 0.6) is 5.75 Å². The van der Waals surface area contributed by atoms with Gasteiger partial charge in [0.2, 0.25) is 0 Å². The van der Waals surface area contributed by atoms with Crippen molar-refractivity contribution >= 4 is 5.97 Å². The number of nitrogens with zero attached hydrogens (tertiary/aromatic N) is 1. The summed E-state index contributed by atoms with van der Waals surface area (Å²) in [7, 11) is 1.45. The predicted molar refractivity (Wildman–Crippen MR) is 81.5 cm³/mol. The first kappa shape index (κ1) is 16.7. The molecule has 0 heterocycles. The standard InChI is InChI=1S/C16H23FN2O3/c1-3-19(10-16(20)21)13-7-12(8-13)18-9-11-4-5-15(22-2)14(17)6-11/h4-6,12-13,18H,3,7-10H2,1-2H3,(H,20,21). The van der Waals surface area contributed by atoms with Crippen molar-refractivity contribution < 1.29 is 19.0 Å². The van der Waals surface area contributed by atoms with Crippen LogP contribution < -0.4 is 10.1 Å². The van der Waals surface area contributed by atoms with Gasteiger partial charge in [-0.05, 0) is 37.1 Å². The van der Waals surface area contributed by atoms with Crippen LogP contribution in [0.3, 0.4) is 0 Å². The van der Waals surface area contributed by atoms with E-state index in [1.807, 2.05) is 17.9 Å². The fraction of sp³-hybridized carbons (Fsp3) is 0.562. The number of hydrogen-bond acceptors (Lipinski definition) is 4. The van der Waals surface area contributed by atoms with Gasteiger partial charge in [0.15, 0.2) is 11.6 Å². The molecule has 0 amide bonds. The Morgan fingerprint density at radius 3 is 2.77 bits per heavy atom. The lowest BCUT2D eigenvalue weighted by Crippen LogP contribution is -2.53. The average molecular weight is 310 g/mol. The first-order valence-corrected chi connectivity index (χ1v) is 7.55. The minimum Gasteiger partial charge on any atom is -0.494 e. The quantitative estimate of drug-likeness (QED) is 0.767. The van der Waals surface area contributed by atoms with E-state index in [0.717, 1.165) is 24.9 Å². The van der Waals surface area contributed by atoms with Crippen molar-refractivity contribution in [2.45, 2.75) is 38.4 Å². The number of carbonyl (C=O) groups is 1. The van der Waals surface area contributed by atoms with Crippen molar-refractivity contribution in [3.05, 3.63) is 29.6 Å².